The Balaban J connectivity index is 1.87. The van der Waals surface area contributed by atoms with Gasteiger partial charge in [-0.25, -0.2) is 0 Å². The Morgan fingerprint density at radius 2 is 1.96 bits per heavy atom. The molecule has 0 bridgehead atoms. The molecule has 0 aliphatic heterocycles. The second kappa shape index (κ2) is 8.12. The van der Waals surface area contributed by atoms with Crippen LogP contribution in [0.25, 0.3) is 10.8 Å². The summed E-state index contributed by atoms with van der Waals surface area (Å²) in [6.07, 6.45) is 4.18. The lowest BCUT2D eigenvalue weighted by Gasteiger charge is -2.12. The minimum atomic E-state index is -0.193. The minimum absolute atomic E-state index is 0.0731. The van der Waals surface area contributed by atoms with Gasteiger partial charge in [0, 0.05) is 29.5 Å². The summed E-state index contributed by atoms with van der Waals surface area (Å²) < 4.78 is 12.6. The number of nitrogens with zero attached hydrogens (tertiary/aromatic N) is 1. The van der Waals surface area contributed by atoms with Gasteiger partial charge in [0.2, 0.25) is 5.43 Å². The first-order chi connectivity index (χ1) is 13.0. The first kappa shape index (κ1) is 18.8. The second-order valence-electron chi connectivity index (χ2n) is 6.70. The molecule has 0 unspecified atom stereocenters. The number of H-pyrrole nitrogens is 1. The van der Waals surface area contributed by atoms with Crippen molar-refractivity contribution >= 4 is 10.8 Å². The van der Waals surface area contributed by atoms with Crippen molar-refractivity contribution in [3.05, 3.63) is 69.0 Å². The number of fused-ring (bicyclic) bond motifs is 1. The van der Waals surface area contributed by atoms with E-state index < -0.39 is 0 Å². The summed E-state index contributed by atoms with van der Waals surface area (Å²) >= 11 is 0. The van der Waals surface area contributed by atoms with Crippen LogP contribution in [0.1, 0.15) is 32.9 Å². The van der Waals surface area contributed by atoms with E-state index in [1.807, 2.05) is 32.9 Å². The van der Waals surface area contributed by atoms with Crippen LogP contribution < -0.4 is 20.5 Å². The topological polar surface area (TPSA) is 73.3 Å². The van der Waals surface area contributed by atoms with Gasteiger partial charge in [-0.1, -0.05) is 6.92 Å². The van der Waals surface area contributed by atoms with Crippen molar-refractivity contribution in [3.63, 3.8) is 0 Å². The van der Waals surface area contributed by atoms with Crippen LogP contribution in [0.15, 0.2) is 52.3 Å². The summed E-state index contributed by atoms with van der Waals surface area (Å²) in [4.78, 5) is 27.9. The fourth-order valence-corrected chi connectivity index (χ4v) is 2.84. The standard InChI is InChI=1S/C21H24N2O4/c1-4-9-26-20-12-22-16(11-19(20)24)13-23-8-7-15-10-17(27-14(2)3)5-6-18(15)21(23)25/h5-8,10-12,14H,4,9,13H2,1-3H3,(H,22,24). The van der Waals surface area contributed by atoms with Crippen LogP contribution in [0, 0.1) is 0 Å². The van der Waals surface area contributed by atoms with E-state index in [1.54, 1.807) is 29.1 Å². The van der Waals surface area contributed by atoms with E-state index in [2.05, 4.69) is 4.98 Å². The molecule has 1 N–H and O–H groups in total. The zero-order valence-corrected chi connectivity index (χ0v) is 15.8. The molecule has 3 rings (SSSR count). The average Bonchev–Trinajstić information content (AvgIpc) is 2.63. The fourth-order valence-electron chi connectivity index (χ4n) is 2.84. The van der Waals surface area contributed by atoms with Crippen molar-refractivity contribution in [2.75, 3.05) is 6.61 Å². The van der Waals surface area contributed by atoms with Crippen molar-refractivity contribution in [1.82, 2.24) is 9.55 Å². The van der Waals surface area contributed by atoms with Crippen molar-refractivity contribution in [2.45, 2.75) is 39.8 Å². The van der Waals surface area contributed by atoms with E-state index in [0.717, 1.165) is 17.6 Å². The minimum Gasteiger partial charge on any atom is -0.491 e. The molecule has 2 aromatic heterocycles. The molecular formula is C21H24N2O4. The molecule has 142 valence electrons. The Bertz CT molecular complexity index is 1050. The highest BCUT2D eigenvalue weighted by molar-refractivity contribution is 5.82. The molecule has 0 aliphatic rings. The second-order valence-corrected chi connectivity index (χ2v) is 6.70. The third-order valence-corrected chi connectivity index (χ3v) is 4.06. The third-order valence-electron chi connectivity index (χ3n) is 4.06. The predicted octanol–water partition coefficient (Wildman–Crippen LogP) is 3.31. The number of aromatic nitrogens is 2. The molecule has 0 radical (unpaired) electrons. The molecule has 3 aromatic rings. The Kier molecular flexibility index (Phi) is 5.64. The molecule has 0 saturated carbocycles. The molecule has 2 heterocycles. The average molecular weight is 368 g/mol. The van der Waals surface area contributed by atoms with Crippen LogP contribution in [-0.4, -0.2) is 22.3 Å². The van der Waals surface area contributed by atoms with Crippen LogP contribution in [0.3, 0.4) is 0 Å². The number of benzene rings is 1. The number of hydrogen-bond acceptors (Lipinski definition) is 4. The summed E-state index contributed by atoms with van der Waals surface area (Å²) in [5.74, 6) is 1.03. The third kappa shape index (κ3) is 4.39. The molecule has 0 fully saturated rings. The van der Waals surface area contributed by atoms with Gasteiger partial charge in [-0.05, 0) is 49.9 Å². The Labute approximate surface area is 157 Å². The molecule has 6 nitrogen and oxygen atoms in total. The Morgan fingerprint density at radius 1 is 1.15 bits per heavy atom. The smallest absolute Gasteiger partial charge is 0.258 e. The van der Waals surface area contributed by atoms with Crippen molar-refractivity contribution in [3.8, 4) is 11.5 Å². The van der Waals surface area contributed by atoms with Crippen LogP contribution >= 0.6 is 0 Å². The maximum Gasteiger partial charge on any atom is 0.258 e. The highest BCUT2D eigenvalue weighted by Gasteiger charge is 2.08. The number of ether oxygens (including phenoxy) is 2. The maximum atomic E-state index is 12.8. The molecule has 27 heavy (non-hydrogen) atoms. The number of hydrogen-bond donors (Lipinski definition) is 1. The van der Waals surface area contributed by atoms with Crippen LogP contribution in [0.2, 0.25) is 0 Å². The summed E-state index contributed by atoms with van der Waals surface area (Å²) in [6, 6.07) is 8.79. The van der Waals surface area contributed by atoms with Gasteiger partial charge >= 0.3 is 0 Å². The first-order valence-electron chi connectivity index (χ1n) is 9.12. The van der Waals surface area contributed by atoms with Gasteiger partial charge in [0.1, 0.15) is 5.75 Å². The fraction of sp³-hybridized carbons (Fsp3) is 0.333. The monoisotopic (exact) mass is 368 g/mol. The molecule has 0 spiro atoms. The zero-order chi connectivity index (χ0) is 19.4. The van der Waals surface area contributed by atoms with E-state index in [-0.39, 0.29) is 23.6 Å². The summed E-state index contributed by atoms with van der Waals surface area (Å²) in [5, 5.41) is 1.44. The van der Waals surface area contributed by atoms with Crippen molar-refractivity contribution in [1.29, 1.82) is 0 Å². The molecule has 1 aromatic carbocycles. The van der Waals surface area contributed by atoms with Gasteiger partial charge in [0.25, 0.3) is 5.56 Å². The van der Waals surface area contributed by atoms with Gasteiger partial charge in [0.05, 0.1) is 19.3 Å². The van der Waals surface area contributed by atoms with Crippen LogP contribution in [0.5, 0.6) is 11.5 Å². The van der Waals surface area contributed by atoms with Gasteiger partial charge in [-0.15, -0.1) is 0 Å². The molecule has 0 saturated heterocycles. The normalized spacial score (nSPS) is 11.1. The van der Waals surface area contributed by atoms with E-state index in [1.165, 1.54) is 6.07 Å². The Morgan fingerprint density at radius 3 is 2.67 bits per heavy atom. The lowest BCUT2D eigenvalue weighted by atomic mass is 10.1. The van der Waals surface area contributed by atoms with Crippen LogP contribution in [-0.2, 0) is 6.54 Å². The largest absolute Gasteiger partial charge is 0.491 e. The molecular weight excluding hydrogens is 344 g/mol. The summed E-state index contributed by atoms with van der Waals surface area (Å²) in [7, 11) is 0. The number of nitrogens with one attached hydrogen (secondary N) is 1. The van der Waals surface area contributed by atoms with Gasteiger partial charge in [-0.3, -0.25) is 9.59 Å². The summed E-state index contributed by atoms with van der Waals surface area (Å²) in [5.41, 5.74) is 0.335. The van der Waals surface area contributed by atoms with E-state index in [4.69, 9.17) is 9.47 Å². The molecule has 0 aliphatic carbocycles. The SMILES string of the molecule is CCCOc1c[nH]c(Cn2ccc3cc(OC(C)C)ccc3c2=O)cc1=O. The lowest BCUT2D eigenvalue weighted by molar-refractivity contribution is 0.243. The van der Waals surface area contributed by atoms with Gasteiger partial charge in [0.15, 0.2) is 5.75 Å². The van der Waals surface area contributed by atoms with Gasteiger partial charge in [-0.2, -0.15) is 0 Å². The van der Waals surface area contributed by atoms with Crippen molar-refractivity contribution < 1.29 is 9.47 Å². The van der Waals surface area contributed by atoms with Crippen LogP contribution in [0.4, 0.5) is 0 Å². The van der Waals surface area contributed by atoms with E-state index >= 15 is 0 Å². The van der Waals surface area contributed by atoms with E-state index in [9.17, 15) is 9.59 Å². The van der Waals surface area contributed by atoms with Crippen molar-refractivity contribution in [2.24, 2.45) is 0 Å². The highest BCUT2D eigenvalue weighted by Crippen LogP contribution is 2.19. The maximum absolute atomic E-state index is 12.8. The Hall–Kier alpha value is -3.02. The molecule has 0 atom stereocenters. The summed E-state index contributed by atoms with van der Waals surface area (Å²) in [6.45, 7) is 6.67. The molecule has 6 heteroatoms. The quantitative estimate of drug-likeness (QED) is 0.694. The van der Waals surface area contributed by atoms with Gasteiger partial charge < -0.3 is 19.0 Å². The number of pyridine rings is 2. The lowest BCUT2D eigenvalue weighted by Crippen LogP contribution is -2.21. The number of aromatic amines is 1. The first-order valence-corrected chi connectivity index (χ1v) is 9.12. The predicted molar refractivity (Wildman–Crippen MR) is 106 cm³/mol. The highest BCUT2D eigenvalue weighted by atomic mass is 16.5. The van der Waals surface area contributed by atoms with E-state index in [0.29, 0.717) is 23.4 Å². The number of rotatable bonds is 7. The zero-order valence-electron chi connectivity index (χ0n) is 15.8. The molecule has 0 amide bonds.